The second-order valence-corrected chi connectivity index (χ2v) is 10.4. The monoisotopic (exact) mass is 390 g/mol. The predicted molar refractivity (Wildman–Crippen MR) is 115 cm³/mol. The van der Waals surface area contributed by atoms with Gasteiger partial charge in [0.15, 0.2) is 0 Å². The Bertz CT molecular complexity index is 632. The Labute approximate surface area is 169 Å². The molecule has 0 spiro atoms. The Morgan fingerprint density at radius 1 is 0.704 bits per heavy atom. The lowest BCUT2D eigenvalue weighted by Gasteiger charge is -2.32. The summed E-state index contributed by atoms with van der Waals surface area (Å²) in [5.41, 5.74) is 1.85. The molecule has 148 valence electrons. The van der Waals surface area contributed by atoms with Crippen LogP contribution in [-0.2, 0) is 24.4 Å². The Hall–Kier alpha value is -0.460. The Kier molecular flexibility index (Phi) is 5.36. The molecule has 0 atom stereocenters. The van der Waals surface area contributed by atoms with Crippen molar-refractivity contribution in [3.8, 4) is 0 Å². The second kappa shape index (κ2) is 6.81. The second-order valence-electron chi connectivity index (χ2n) is 9.52. The van der Waals surface area contributed by atoms with Gasteiger partial charge in [-0.25, -0.2) is 0 Å². The van der Waals surface area contributed by atoms with Crippen LogP contribution in [0, 0.1) is 0 Å². The first-order chi connectivity index (χ1) is 12.3. The summed E-state index contributed by atoms with van der Waals surface area (Å²) in [4.78, 5) is 0. The highest BCUT2D eigenvalue weighted by Gasteiger charge is 2.54. The molecule has 27 heavy (non-hydrogen) atoms. The molecule has 0 radical (unpaired) electrons. The van der Waals surface area contributed by atoms with Crippen LogP contribution in [0.4, 0.5) is 0 Å². The summed E-state index contributed by atoms with van der Waals surface area (Å²) in [5, 5.41) is 0. The van der Waals surface area contributed by atoms with Gasteiger partial charge in [-0.05, 0) is 78.1 Å². The minimum atomic E-state index is -0.389. The maximum atomic E-state index is 6.32. The number of hydrogen-bond acceptors (Lipinski definition) is 5. The van der Waals surface area contributed by atoms with Gasteiger partial charge in [0.2, 0.25) is 0 Å². The minimum Gasteiger partial charge on any atom is -0.399 e. The fourth-order valence-corrected chi connectivity index (χ4v) is 3.94. The van der Waals surface area contributed by atoms with E-state index in [0.717, 1.165) is 16.7 Å². The van der Waals surface area contributed by atoms with Crippen LogP contribution >= 0.6 is 11.8 Å². The van der Waals surface area contributed by atoms with Crippen molar-refractivity contribution in [1.82, 2.24) is 0 Å². The van der Waals surface area contributed by atoms with Crippen molar-refractivity contribution < 1.29 is 18.6 Å². The highest BCUT2D eigenvalue weighted by Crippen LogP contribution is 2.38. The molecule has 0 aliphatic carbocycles. The van der Waals surface area contributed by atoms with Crippen LogP contribution in [0.2, 0.25) is 0 Å². The van der Waals surface area contributed by atoms with E-state index in [9.17, 15) is 0 Å². The average Bonchev–Trinajstić information content (AvgIpc) is 2.87. The maximum Gasteiger partial charge on any atom is 0.495 e. The van der Waals surface area contributed by atoms with Crippen LogP contribution in [0.3, 0.4) is 0 Å². The fourth-order valence-electron chi connectivity index (χ4n) is 3.32. The first-order valence-corrected chi connectivity index (χ1v) is 11.0. The molecule has 1 aromatic rings. The van der Waals surface area contributed by atoms with E-state index < -0.39 is 0 Å². The van der Waals surface area contributed by atoms with Crippen molar-refractivity contribution in [2.45, 2.75) is 83.5 Å². The van der Waals surface area contributed by atoms with E-state index >= 15 is 0 Å². The fraction of sp³-hybridized carbons (Fsp3) is 0.700. The lowest BCUT2D eigenvalue weighted by Crippen LogP contribution is -2.45. The van der Waals surface area contributed by atoms with Crippen molar-refractivity contribution in [2.75, 3.05) is 6.26 Å². The standard InChI is InChI=1S/C20H32B2O4S/c1-17(2)18(3,4)24-21(23-17)15-11-10-12-16(14(15)13-27-9)22-25-19(5,6)20(7,8)26-22/h10-12H,13H2,1-9H3. The molecule has 2 saturated heterocycles. The molecular formula is C20H32B2O4S. The van der Waals surface area contributed by atoms with Gasteiger partial charge in [-0.1, -0.05) is 18.2 Å². The van der Waals surface area contributed by atoms with Gasteiger partial charge in [0.05, 0.1) is 22.4 Å². The van der Waals surface area contributed by atoms with E-state index in [1.807, 2.05) is 6.07 Å². The van der Waals surface area contributed by atoms with Gasteiger partial charge in [0, 0.05) is 5.75 Å². The van der Waals surface area contributed by atoms with Crippen LogP contribution < -0.4 is 10.9 Å². The van der Waals surface area contributed by atoms with Gasteiger partial charge in [-0.15, -0.1) is 0 Å². The summed E-state index contributed by atoms with van der Waals surface area (Å²) in [6.45, 7) is 16.7. The molecule has 1 aromatic carbocycles. The molecule has 2 aliphatic heterocycles. The van der Waals surface area contributed by atoms with Gasteiger partial charge in [-0.2, -0.15) is 11.8 Å². The summed E-state index contributed by atoms with van der Waals surface area (Å²) < 4.78 is 25.3. The summed E-state index contributed by atoms with van der Waals surface area (Å²) >= 11 is 1.78. The van der Waals surface area contributed by atoms with E-state index in [-0.39, 0.29) is 36.6 Å². The predicted octanol–water partition coefficient (Wildman–Crippen LogP) is 3.15. The first-order valence-electron chi connectivity index (χ1n) is 9.63. The highest BCUT2D eigenvalue weighted by molar-refractivity contribution is 7.97. The zero-order valence-electron chi connectivity index (χ0n) is 18.1. The number of benzene rings is 1. The molecule has 7 heteroatoms. The summed E-state index contributed by atoms with van der Waals surface area (Å²) in [6.07, 6.45) is 2.11. The maximum absolute atomic E-state index is 6.32. The molecular weight excluding hydrogens is 358 g/mol. The normalized spacial score (nSPS) is 25.2. The van der Waals surface area contributed by atoms with E-state index in [1.54, 1.807) is 11.8 Å². The summed E-state index contributed by atoms with van der Waals surface area (Å²) in [6, 6.07) is 6.25. The largest absolute Gasteiger partial charge is 0.495 e. The molecule has 0 unspecified atom stereocenters. The third-order valence-corrected chi connectivity index (χ3v) is 7.13. The van der Waals surface area contributed by atoms with Crippen LogP contribution in [0.1, 0.15) is 61.0 Å². The van der Waals surface area contributed by atoms with Crippen LogP contribution in [0.25, 0.3) is 0 Å². The molecule has 0 aromatic heterocycles. The lowest BCUT2D eigenvalue weighted by molar-refractivity contribution is 0.00578. The van der Waals surface area contributed by atoms with Crippen molar-refractivity contribution in [3.05, 3.63) is 23.8 Å². The average molecular weight is 390 g/mol. The van der Waals surface area contributed by atoms with E-state index in [1.165, 1.54) is 5.56 Å². The Morgan fingerprint density at radius 2 is 1.04 bits per heavy atom. The van der Waals surface area contributed by atoms with Crippen LogP contribution in [-0.4, -0.2) is 42.9 Å². The summed E-state index contributed by atoms with van der Waals surface area (Å²) in [7, 11) is -0.779. The SMILES string of the molecule is CSCc1c(B2OC(C)(C)C(C)(C)O2)cccc1B1OC(C)(C)C(C)(C)O1. The number of thioether (sulfide) groups is 1. The molecule has 0 bridgehead atoms. The third kappa shape index (κ3) is 3.62. The van der Waals surface area contributed by atoms with Gasteiger partial charge in [-0.3, -0.25) is 0 Å². The van der Waals surface area contributed by atoms with Crippen LogP contribution in [0.15, 0.2) is 18.2 Å². The van der Waals surface area contributed by atoms with Crippen molar-refractivity contribution >= 4 is 36.9 Å². The quantitative estimate of drug-likeness (QED) is 0.739. The van der Waals surface area contributed by atoms with Gasteiger partial charge in [0.1, 0.15) is 0 Å². The number of hydrogen-bond donors (Lipinski definition) is 0. The van der Waals surface area contributed by atoms with Gasteiger partial charge >= 0.3 is 14.2 Å². The van der Waals surface area contributed by atoms with Crippen molar-refractivity contribution in [3.63, 3.8) is 0 Å². The van der Waals surface area contributed by atoms with Crippen molar-refractivity contribution in [2.24, 2.45) is 0 Å². The highest BCUT2D eigenvalue weighted by atomic mass is 32.2. The molecule has 2 aliphatic rings. The zero-order valence-corrected chi connectivity index (χ0v) is 19.0. The summed E-state index contributed by atoms with van der Waals surface area (Å²) in [5.74, 6) is 0.847. The molecule has 2 fully saturated rings. The molecule has 2 heterocycles. The Morgan fingerprint density at radius 3 is 1.33 bits per heavy atom. The molecule has 0 saturated carbocycles. The molecule has 0 N–H and O–H groups in total. The zero-order chi connectivity index (χ0) is 20.3. The van der Waals surface area contributed by atoms with Crippen molar-refractivity contribution in [1.29, 1.82) is 0 Å². The number of rotatable bonds is 4. The smallest absolute Gasteiger partial charge is 0.399 e. The topological polar surface area (TPSA) is 36.9 Å². The van der Waals surface area contributed by atoms with E-state index in [4.69, 9.17) is 18.6 Å². The van der Waals surface area contributed by atoms with Crippen LogP contribution in [0.5, 0.6) is 0 Å². The van der Waals surface area contributed by atoms with E-state index in [0.29, 0.717) is 0 Å². The Balaban J connectivity index is 2.00. The first kappa shape index (κ1) is 21.3. The minimum absolute atomic E-state index is 0.366. The molecule has 3 rings (SSSR count). The third-order valence-electron chi connectivity index (χ3n) is 6.55. The lowest BCUT2D eigenvalue weighted by atomic mass is 9.68. The molecule has 0 amide bonds. The molecule has 4 nitrogen and oxygen atoms in total. The van der Waals surface area contributed by atoms with Gasteiger partial charge < -0.3 is 18.6 Å². The van der Waals surface area contributed by atoms with E-state index in [2.05, 4.69) is 73.8 Å². The van der Waals surface area contributed by atoms with Gasteiger partial charge in [0.25, 0.3) is 0 Å².